The van der Waals surface area contributed by atoms with Gasteiger partial charge in [-0.1, -0.05) is 5.10 Å². The Kier molecular flexibility index (Phi) is 6.58. The molecule has 4 rings (SSSR count). The van der Waals surface area contributed by atoms with Crippen LogP contribution in [0.15, 0.2) is 33.9 Å². The minimum atomic E-state index is -0.566. The summed E-state index contributed by atoms with van der Waals surface area (Å²) < 4.78 is 8.23. The van der Waals surface area contributed by atoms with Crippen molar-refractivity contribution in [3.63, 3.8) is 0 Å². The van der Waals surface area contributed by atoms with Gasteiger partial charge in [0.2, 0.25) is 11.3 Å². The lowest BCUT2D eigenvalue weighted by molar-refractivity contribution is -0.731. The summed E-state index contributed by atoms with van der Waals surface area (Å²) in [5.41, 5.74) is -0.136. The standard InChI is InChI=1S/C21H27N7O4/c1-25-7-9-27(10-8-25)12-14-32-16-5-3-15(4-6-16)18-22-17-19(28(24-18)11-13-29)23-21(31)26(2)20(17)30/h3-6,29H,7-14H2,1-2H3/p+1. The molecular weight excluding hydrogens is 414 g/mol. The minimum absolute atomic E-state index is 0.0815. The molecule has 0 unspecified atom stereocenters. The number of aliphatic hydroxyl groups is 1. The summed E-state index contributed by atoms with van der Waals surface area (Å²) in [6, 6.07) is 7.33. The number of H-pyrrole nitrogens is 1. The molecule has 1 saturated heterocycles. The molecule has 3 aromatic rings. The van der Waals surface area contributed by atoms with Crippen molar-refractivity contribution in [1.82, 2.24) is 29.4 Å². The van der Waals surface area contributed by atoms with Crippen LogP contribution in [0.1, 0.15) is 0 Å². The number of aliphatic hydroxyl groups excluding tert-OH is 1. The Morgan fingerprint density at radius 1 is 1.12 bits per heavy atom. The molecule has 1 aliphatic rings. The molecular formula is C21H28N7O4+. The summed E-state index contributed by atoms with van der Waals surface area (Å²) in [4.78, 5) is 36.2. The van der Waals surface area contributed by atoms with Crippen molar-refractivity contribution in [1.29, 1.82) is 0 Å². The largest absolute Gasteiger partial charge is 0.492 e. The van der Waals surface area contributed by atoms with Crippen molar-refractivity contribution in [2.24, 2.45) is 7.05 Å². The molecule has 2 aromatic heterocycles. The maximum Gasteiger partial charge on any atom is 0.416 e. The van der Waals surface area contributed by atoms with Gasteiger partial charge in [-0.3, -0.25) is 9.69 Å². The summed E-state index contributed by atoms with van der Waals surface area (Å²) in [5, 5.41) is 13.8. The lowest BCUT2D eigenvalue weighted by Crippen LogP contribution is -2.46. The second-order valence-electron chi connectivity index (χ2n) is 7.89. The number of ether oxygens (including phenoxy) is 1. The molecule has 2 N–H and O–H groups in total. The number of rotatable bonds is 7. The average Bonchev–Trinajstić information content (AvgIpc) is 2.80. The van der Waals surface area contributed by atoms with Gasteiger partial charge in [0.15, 0.2) is 0 Å². The van der Waals surface area contributed by atoms with E-state index in [1.165, 1.54) is 11.7 Å². The van der Waals surface area contributed by atoms with E-state index in [-0.39, 0.29) is 24.3 Å². The number of piperazine rings is 1. The third-order valence-electron chi connectivity index (χ3n) is 5.65. The van der Waals surface area contributed by atoms with Crippen LogP contribution in [-0.2, 0) is 13.6 Å². The van der Waals surface area contributed by atoms with Crippen LogP contribution in [0.25, 0.3) is 22.6 Å². The predicted molar refractivity (Wildman–Crippen MR) is 118 cm³/mol. The van der Waals surface area contributed by atoms with Crippen LogP contribution in [0.3, 0.4) is 0 Å². The first kappa shape index (κ1) is 22.1. The van der Waals surface area contributed by atoms with Crippen LogP contribution < -0.4 is 20.7 Å². The Morgan fingerprint density at radius 2 is 1.84 bits per heavy atom. The van der Waals surface area contributed by atoms with E-state index in [0.717, 1.165) is 43.0 Å². The monoisotopic (exact) mass is 442 g/mol. The number of nitrogens with zero attached hydrogens (tertiary/aromatic N) is 6. The van der Waals surface area contributed by atoms with Gasteiger partial charge in [0, 0.05) is 45.3 Å². The predicted octanol–water partition coefficient (Wildman–Crippen LogP) is -1.41. The summed E-state index contributed by atoms with van der Waals surface area (Å²) in [5.74, 6) is 1.06. The Balaban J connectivity index is 1.52. The highest BCUT2D eigenvalue weighted by Crippen LogP contribution is 2.19. The van der Waals surface area contributed by atoms with Crippen LogP contribution in [0.2, 0.25) is 0 Å². The van der Waals surface area contributed by atoms with Gasteiger partial charge in [0.1, 0.15) is 18.9 Å². The molecule has 32 heavy (non-hydrogen) atoms. The number of benzene rings is 1. The van der Waals surface area contributed by atoms with Crippen molar-refractivity contribution < 1.29 is 14.5 Å². The van der Waals surface area contributed by atoms with Gasteiger partial charge in [0.05, 0.1) is 6.61 Å². The molecule has 0 radical (unpaired) electrons. The molecule has 11 nitrogen and oxygen atoms in total. The third-order valence-corrected chi connectivity index (χ3v) is 5.65. The molecule has 1 fully saturated rings. The van der Waals surface area contributed by atoms with Gasteiger partial charge in [-0.05, 0) is 31.3 Å². The topological polar surface area (TPSA) is 120 Å². The molecule has 1 aliphatic heterocycles. The molecule has 11 heteroatoms. The lowest BCUT2D eigenvalue weighted by Gasteiger charge is -2.32. The summed E-state index contributed by atoms with van der Waals surface area (Å²) in [7, 11) is 3.52. The summed E-state index contributed by atoms with van der Waals surface area (Å²) in [6.07, 6.45) is 0. The molecule has 1 aromatic carbocycles. The molecule has 0 atom stereocenters. The van der Waals surface area contributed by atoms with Gasteiger partial charge in [-0.15, -0.1) is 4.68 Å². The van der Waals surface area contributed by atoms with E-state index in [1.54, 1.807) is 0 Å². The summed E-state index contributed by atoms with van der Waals surface area (Å²) >= 11 is 0. The Labute approximate surface area is 184 Å². The van der Waals surface area contributed by atoms with Gasteiger partial charge in [0.25, 0.3) is 5.56 Å². The fourth-order valence-electron chi connectivity index (χ4n) is 3.62. The van der Waals surface area contributed by atoms with Crippen LogP contribution in [0, 0.1) is 0 Å². The van der Waals surface area contributed by atoms with Gasteiger partial charge in [-0.2, -0.15) is 4.98 Å². The van der Waals surface area contributed by atoms with Crippen molar-refractivity contribution in [2.75, 3.05) is 53.0 Å². The van der Waals surface area contributed by atoms with E-state index < -0.39 is 11.2 Å². The third kappa shape index (κ3) is 4.69. The van der Waals surface area contributed by atoms with Crippen molar-refractivity contribution >= 4 is 11.2 Å². The van der Waals surface area contributed by atoms with Crippen molar-refractivity contribution in [3.05, 3.63) is 45.1 Å². The van der Waals surface area contributed by atoms with E-state index in [2.05, 4.69) is 31.9 Å². The van der Waals surface area contributed by atoms with Crippen molar-refractivity contribution in [2.45, 2.75) is 6.54 Å². The van der Waals surface area contributed by atoms with E-state index in [4.69, 9.17) is 4.74 Å². The number of hydrogen-bond acceptors (Lipinski definition) is 8. The highest BCUT2D eigenvalue weighted by atomic mass is 16.5. The highest BCUT2D eigenvalue weighted by Gasteiger charge is 2.20. The average molecular weight is 443 g/mol. The number of likely N-dealkylation sites (N-methyl/N-ethyl adjacent to an activating group) is 1. The molecule has 170 valence electrons. The highest BCUT2D eigenvalue weighted by molar-refractivity contribution is 5.67. The number of fused-ring (bicyclic) bond motifs is 1. The molecule has 0 amide bonds. The summed E-state index contributed by atoms with van der Waals surface area (Å²) in [6.45, 7) is 5.66. The number of aromatic amines is 1. The van der Waals surface area contributed by atoms with E-state index >= 15 is 0 Å². The molecule has 0 saturated carbocycles. The van der Waals surface area contributed by atoms with Crippen molar-refractivity contribution in [3.8, 4) is 17.1 Å². The smallest absolute Gasteiger partial charge is 0.416 e. The number of nitrogens with one attached hydrogen (secondary N) is 1. The van der Waals surface area contributed by atoms with Gasteiger partial charge < -0.3 is 14.7 Å². The SMILES string of the molecule is CN1CCN(CCOc2ccc(-c3nc4c(=O)n(C)c(=O)[nH]c4[n+](CCO)n3)cc2)CC1. The molecule has 0 bridgehead atoms. The Morgan fingerprint density at radius 3 is 2.53 bits per heavy atom. The van der Waals surface area contributed by atoms with Crippen LogP contribution in [0.5, 0.6) is 5.75 Å². The minimum Gasteiger partial charge on any atom is -0.492 e. The maximum atomic E-state index is 12.6. The van der Waals surface area contributed by atoms with Crippen LogP contribution in [-0.4, -0.2) is 87.5 Å². The van der Waals surface area contributed by atoms with E-state index in [1.807, 2.05) is 24.3 Å². The zero-order chi connectivity index (χ0) is 22.7. The number of hydrogen-bond donors (Lipinski definition) is 2. The second kappa shape index (κ2) is 9.55. The lowest BCUT2D eigenvalue weighted by atomic mass is 10.2. The van der Waals surface area contributed by atoms with Crippen LogP contribution in [0.4, 0.5) is 0 Å². The molecule has 3 heterocycles. The van der Waals surface area contributed by atoms with Gasteiger partial charge >= 0.3 is 11.3 Å². The first-order valence-corrected chi connectivity index (χ1v) is 10.6. The Bertz CT molecular complexity index is 1200. The maximum absolute atomic E-state index is 12.6. The van der Waals surface area contributed by atoms with E-state index in [9.17, 15) is 14.7 Å². The van der Waals surface area contributed by atoms with E-state index in [0.29, 0.717) is 18.0 Å². The van der Waals surface area contributed by atoms with Crippen LogP contribution >= 0.6 is 0 Å². The first-order chi connectivity index (χ1) is 15.5. The normalized spacial score (nSPS) is 15.3. The first-order valence-electron chi connectivity index (χ1n) is 10.6. The number of aromatic nitrogens is 5. The quantitative estimate of drug-likeness (QED) is 0.428. The fraction of sp³-hybridized carbons (Fsp3) is 0.476. The second-order valence-corrected chi connectivity index (χ2v) is 7.89. The van der Waals surface area contributed by atoms with Gasteiger partial charge in [-0.25, -0.2) is 14.3 Å². The zero-order valence-electron chi connectivity index (χ0n) is 18.3. The Hall–Kier alpha value is -3.15. The zero-order valence-corrected chi connectivity index (χ0v) is 18.3. The molecule has 0 aliphatic carbocycles. The fourth-order valence-corrected chi connectivity index (χ4v) is 3.62. The molecule has 0 spiro atoms.